The Hall–Kier alpha value is -3.31. The molecule has 2 aromatic rings. The van der Waals surface area contributed by atoms with Gasteiger partial charge in [-0.25, -0.2) is 9.18 Å². The molecule has 0 aromatic heterocycles. The van der Waals surface area contributed by atoms with Crippen LogP contribution in [0.5, 0.6) is 0 Å². The number of aliphatic imine (C=N–C) groups is 1. The van der Waals surface area contributed by atoms with E-state index in [4.69, 9.17) is 0 Å². The Morgan fingerprint density at radius 2 is 1.61 bits per heavy atom. The number of nitrogens with zero attached hydrogens (tertiary/aromatic N) is 3. The quantitative estimate of drug-likeness (QED) is 0.451. The summed E-state index contributed by atoms with van der Waals surface area (Å²) in [5.41, 5.74) is 0.816. The van der Waals surface area contributed by atoms with E-state index >= 15 is 0 Å². The molecule has 1 atom stereocenters. The highest BCUT2D eigenvalue weighted by atomic mass is 19.1. The zero-order valence-electron chi connectivity index (χ0n) is 15.6. The van der Waals surface area contributed by atoms with Crippen molar-refractivity contribution in [3.63, 3.8) is 0 Å². The van der Waals surface area contributed by atoms with Crippen LogP contribution in [0.4, 0.5) is 21.5 Å². The lowest BCUT2D eigenvalue weighted by Gasteiger charge is -2.26. The van der Waals surface area contributed by atoms with Crippen LogP contribution in [-0.4, -0.2) is 30.5 Å². The molecule has 1 heterocycles. The second kappa shape index (κ2) is 8.15. The molecule has 0 radical (unpaired) electrons. The second-order valence-corrected chi connectivity index (χ2v) is 6.91. The van der Waals surface area contributed by atoms with Crippen LogP contribution in [0.3, 0.4) is 0 Å². The zero-order chi connectivity index (χ0) is 20.3. The minimum atomic E-state index is -1.61. The van der Waals surface area contributed by atoms with Gasteiger partial charge in [0, 0.05) is 6.54 Å². The number of halogens is 1. The van der Waals surface area contributed by atoms with Crippen LogP contribution in [0.25, 0.3) is 0 Å². The van der Waals surface area contributed by atoms with Crippen molar-refractivity contribution >= 4 is 35.0 Å². The normalized spacial score (nSPS) is 16.6. The topological polar surface area (TPSA) is 70.0 Å². The van der Waals surface area contributed by atoms with Crippen molar-refractivity contribution in [1.82, 2.24) is 0 Å². The number of carbonyl (C=O) groups excluding carboxylic acids is 3. The summed E-state index contributed by atoms with van der Waals surface area (Å²) in [7, 11) is 0. The summed E-state index contributed by atoms with van der Waals surface area (Å²) in [6.45, 7) is 4.38. The minimum Gasteiger partial charge on any atom is -0.308 e. The van der Waals surface area contributed by atoms with Crippen LogP contribution >= 0.6 is 0 Å². The molecule has 0 bridgehead atoms. The first kappa shape index (κ1) is 19.5. The number of para-hydroxylation sites is 3. The lowest BCUT2D eigenvalue weighted by atomic mass is 10.1. The van der Waals surface area contributed by atoms with Crippen molar-refractivity contribution in [3.05, 3.63) is 54.3 Å². The number of benzene rings is 2. The van der Waals surface area contributed by atoms with Crippen LogP contribution in [0.2, 0.25) is 0 Å². The lowest BCUT2D eigenvalue weighted by molar-refractivity contribution is -0.127. The van der Waals surface area contributed by atoms with E-state index in [1.807, 2.05) is 13.8 Å². The third kappa shape index (κ3) is 3.57. The molecule has 0 N–H and O–H groups in total. The summed E-state index contributed by atoms with van der Waals surface area (Å²) in [4.78, 5) is 43.2. The van der Waals surface area contributed by atoms with E-state index in [9.17, 15) is 18.8 Å². The number of fused-ring (bicyclic) bond motifs is 1. The first-order valence-corrected chi connectivity index (χ1v) is 9.01. The van der Waals surface area contributed by atoms with Crippen molar-refractivity contribution in [1.29, 1.82) is 0 Å². The van der Waals surface area contributed by atoms with Gasteiger partial charge in [0.25, 0.3) is 11.8 Å². The third-order valence-corrected chi connectivity index (χ3v) is 4.57. The van der Waals surface area contributed by atoms with E-state index in [1.54, 1.807) is 30.3 Å². The summed E-state index contributed by atoms with van der Waals surface area (Å²) >= 11 is 0. The Kier molecular flexibility index (Phi) is 5.66. The smallest absolute Gasteiger partial charge is 0.267 e. The van der Waals surface area contributed by atoms with Gasteiger partial charge in [-0.1, -0.05) is 38.1 Å². The van der Waals surface area contributed by atoms with Crippen LogP contribution < -0.4 is 9.80 Å². The highest BCUT2D eigenvalue weighted by Crippen LogP contribution is 2.39. The van der Waals surface area contributed by atoms with Gasteiger partial charge in [0.05, 0.1) is 17.1 Å². The monoisotopic (exact) mass is 381 g/mol. The summed E-state index contributed by atoms with van der Waals surface area (Å²) in [6, 6.07) is 10.9. The van der Waals surface area contributed by atoms with Gasteiger partial charge in [0.1, 0.15) is 5.82 Å². The Balaban J connectivity index is 2.23. The van der Waals surface area contributed by atoms with Crippen LogP contribution in [0.1, 0.15) is 20.3 Å². The molecule has 28 heavy (non-hydrogen) atoms. The van der Waals surface area contributed by atoms with Gasteiger partial charge in [-0.3, -0.25) is 14.5 Å². The van der Waals surface area contributed by atoms with Gasteiger partial charge in [0.2, 0.25) is 12.1 Å². The van der Waals surface area contributed by atoms with Crippen LogP contribution in [0.15, 0.2) is 53.5 Å². The molecule has 0 spiro atoms. The predicted molar refractivity (Wildman–Crippen MR) is 104 cm³/mol. The molecule has 2 aromatic carbocycles. The Morgan fingerprint density at radius 3 is 2.21 bits per heavy atom. The van der Waals surface area contributed by atoms with Crippen molar-refractivity contribution in [2.75, 3.05) is 16.3 Å². The molecular weight excluding hydrogens is 361 g/mol. The van der Waals surface area contributed by atoms with Gasteiger partial charge in [0.15, 0.2) is 0 Å². The van der Waals surface area contributed by atoms with Crippen LogP contribution in [-0.2, 0) is 14.4 Å². The van der Waals surface area contributed by atoms with Gasteiger partial charge in [-0.05, 0) is 36.6 Å². The minimum absolute atomic E-state index is 0.00967. The Bertz CT molecular complexity index is 953. The molecule has 2 amide bonds. The molecule has 1 aliphatic heterocycles. The highest BCUT2D eigenvalue weighted by Gasteiger charge is 2.41. The number of carbonyl (C=O) groups is 2. The van der Waals surface area contributed by atoms with Gasteiger partial charge in [-0.15, -0.1) is 0 Å². The molecule has 6 nitrogen and oxygen atoms in total. The van der Waals surface area contributed by atoms with Crippen molar-refractivity contribution in [2.45, 2.75) is 26.3 Å². The van der Waals surface area contributed by atoms with Gasteiger partial charge in [-0.2, -0.15) is 4.99 Å². The van der Waals surface area contributed by atoms with Gasteiger partial charge < -0.3 is 4.90 Å². The number of isocyanates is 1. The first-order valence-electron chi connectivity index (χ1n) is 9.01. The Labute approximate surface area is 162 Å². The lowest BCUT2D eigenvalue weighted by Crippen LogP contribution is -2.44. The molecule has 0 fully saturated rings. The SMILES string of the molecule is CC(C)CCN1C(=O)C(N=C=O)C(=O)N(c2ccccc2F)c2ccccc21. The largest absolute Gasteiger partial charge is 0.308 e. The summed E-state index contributed by atoms with van der Waals surface area (Å²) in [6.07, 6.45) is 2.00. The summed E-state index contributed by atoms with van der Waals surface area (Å²) in [5, 5.41) is 0. The fourth-order valence-corrected chi connectivity index (χ4v) is 3.16. The van der Waals surface area contributed by atoms with E-state index in [0.717, 1.165) is 4.90 Å². The molecule has 0 aliphatic carbocycles. The van der Waals surface area contributed by atoms with E-state index in [0.29, 0.717) is 30.3 Å². The van der Waals surface area contributed by atoms with Crippen molar-refractivity contribution < 1.29 is 18.8 Å². The van der Waals surface area contributed by atoms with E-state index in [-0.39, 0.29) is 5.69 Å². The van der Waals surface area contributed by atoms with Crippen LogP contribution in [0, 0.1) is 11.7 Å². The average molecular weight is 381 g/mol. The molecule has 3 rings (SSSR count). The van der Waals surface area contributed by atoms with Crippen molar-refractivity contribution in [3.8, 4) is 0 Å². The maximum Gasteiger partial charge on any atom is 0.267 e. The predicted octanol–water partition coefficient (Wildman–Crippen LogP) is 3.59. The molecule has 0 saturated heterocycles. The number of hydrogen-bond acceptors (Lipinski definition) is 4. The molecule has 0 saturated carbocycles. The molecule has 1 unspecified atom stereocenters. The van der Waals surface area contributed by atoms with E-state index < -0.39 is 23.7 Å². The number of anilines is 3. The number of rotatable bonds is 5. The fourth-order valence-electron chi connectivity index (χ4n) is 3.16. The Morgan fingerprint density at radius 1 is 1.00 bits per heavy atom. The fraction of sp³-hybridized carbons (Fsp3) is 0.286. The van der Waals surface area contributed by atoms with E-state index in [1.165, 1.54) is 29.2 Å². The van der Waals surface area contributed by atoms with E-state index in [2.05, 4.69) is 4.99 Å². The summed E-state index contributed by atoms with van der Waals surface area (Å²) in [5.74, 6) is -1.73. The maximum atomic E-state index is 14.5. The zero-order valence-corrected chi connectivity index (χ0v) is 15.6. The third-order valence-electron chi connectivity index (χ3n) is 4.57. The average Bonchev–Trinajstić information content (AvgIpc) is 2.75. The number of amides is 2. The maximum absolute atomic E-state index is 14.5. The van der Waals surface area contributed by atoms with Crippen molar-refractivity contribution in [2.24, 2.45) is 10.9 Å². The second-order valence-electron chi connectivity index (χ2n) is 6.91. The summed E-state index contributed by atoms with van der Waals surface area (Å²) < 4.78 is 14.5. The molecular formula is C21H20FN3O3. The highest BCUT2D eigenvalue weighted by molar-refractivity contribution is 6.23. The van der Waals surface area contributed by atoms with Gasteiger partial charge >= 0.3 is 0 Å². The molecule has 144 valence electrons. The number of hydrogen-bond donors (Lipinski definition) is 0. The standard InChI is InChI=1S/C21H20FN3O3/c1-14(2)11-12-24-17-9-5-6-10-18(17)25(16-8-4-3-7-15(16)22)21(28)19(20(24)27)23-13-26/h3-10,14,19H,11-12H2,1-2H3. The first-order chi connectivity index (χ1) is 13.5. The molecule has 1 aliphatic rings. The molecule has 7 heteroatoms.